The fraction of sp³-hybridized carbons (Fsp3) is 0.303. The summed E-state index contributed by atoms with van der Waals surface area (Å²) in [5.41, 5.74) is 7.69. The molecule has 0 atom stereocenters. The molecule has 3 aromatic carbocycles. The zero-order valence-electron chi connectivity index (χ0n) is 21.9. The van der Waals surface area contributed by atoms with Gasteiger partial charge in [0.05, 0.1) is 18.9 Å². The molecule has 1 saturated heterocycles. The molecule has 188 valence electrons. The van der Waals surface area contributed by atoms with E-state index in [1.807, 2.05) is 6.20 Å². The van der Waals surface area contributed by atoms with Gasteiger partial charge in [0.15, 0.2) is 0 Å². The fourth-order valence-corrected chi connectivity index (χ4v) is 4.85. The first-order valence-corrected chi connectivity index (χ1v) is 13.0. The third-order valence-electron chi connectivity index (χ3n) is 6.99. The molecule has 2 heterocycles. The first kappa shape index (κ1) is 25.2. The van der Waals surface area contributed by atoms with Gasteiger partial charge in [-0.15, -0.1) is 0 Å². The fourth-order valence-electron chi connectivity index (χ4n) is 4.85. The van der Waals surface area contributed by atoms with Crippen molar-refractivity contribution in [3.05, 3.63) is 89.7 Å². The average molecular weight is 491 g/mol. The summed E-state index contributed by atoms with van der Waals surface area (Å²) >= 11 is 0. The van der Waals surface area contributed by atoms with E-state index in [0.717, 1.165) is 66.4 Å². The molecule has 0 radical (unpaired) electrons. The lowest BCUT2D eigenvalue weighted by atomic mass is 9.83. The predicted octanol–water partition coefficient (Wildman–Crippen LogP) is 6.04. The first-order valence-electron chi connectivity index (χ1n) is 13.0. The monoisotopic (exact) mass is 490 g/mol. The average Bonchev–Trinajstić information content (AvgIpc) is 2.92. The van der Waals surface area contributed by atoms with E-state index in [0.29, 0.717) is 0 Å². The van der Waals surface area contributed by atoms with Gasteiger partial charge in [-0.05, 0) is 68.8 Å². The molecule has 0 saturated carbocycles. The lowest BCUT2D eigenvalue weighted by Crippen LogP contribution is -2.35. The SMILES string of the molecule is CC(C)(C)c1ccc(C#CCO)c(-c2cc(-c3ccc(CN4CCOCC4)nc3)cc3ccccc23)c1. The van der Waals surface area contributed by atoms with Gasteiger partial charge in [0.2, 0.25) is 0 Å². The Bertz CT molecular complexity index is 1450. The molecule has 0 unspecified atom stereocenters. The molecule has 4 heteroatoms. The van der Waals surface area contributed by atoms with Gasteiger partial charge in [-0.3, -0.25) is 9.88 Å². The molecule has 0 aliphatic carbocycles. The van der Waals surface area contributed by atoms with E-state index in [1.165, 1.54) is 16.3 Å². The second-order valence-corrected chi connectivity index (χ2v) is 10.6. The maximum Gasteiger partial charge on any atom is 0.104 e. The Morgan fingerprint density at radius 1 is 0.919 bits per heavy atom. The van der Waals surface area contributed by atoms with E-state index >= 15 is 0 Å². The summed E-state index contributed by atoms with van der Waals surface area (Å²) in [4.78, 5) is 7.19. The molecule has 1 aliphatic rings. The van der Waals surface area contributed by atoms with Gasteiger partial charge in [-0.25, -0.2) is 0 Å². The predicted molar refractivity (Wildman–Crippen MR) is 151 cm³/mol. The van der Waals surface area contributed by atoms with Crippen LogP contribution in [-0.4, -0.2) is 47.9 Å². The number of hydrogen-bond acceptors (Lipinski definition) is 4. The number of aromatic nitrogens is 1. The quantitative estimate of drug-likeness (QED) is 0.354. The molecule has 37 heavy (non-hydrogen) atoms. The Hall–Kier alpha value is -3.49. The summed E-state index contributed by atoms with van der Waals surface area (Å²) < 4.78 is 5.47. The van der Waals surface area contributed by atoms with E-state index in [-0.39, 0.29) is 12.0 Å². The number of nitrogens with zero attached hydrogens (tertiary/aromatic N) is 2. The molecule has 4 aromatic rings. The molecule has 0 spiro atoms. The van der Waals surface area contributed by atoms with Gasteiger partial charge >= 0.3 is 0 Å². The summed E-state index contributed by atoms with van der Waals surface area (Å²) in [5.74, 6) is 6.04. The summed E-state index contributed by atoms with van der Waals surface area (Å²) in [5, 5.41) is 11.7. The van der Waals surface area contributed by atoms with E-state index in [9.17, 15) is 5.11 Å². The van der Waals surface area contributed by atoms with Crippen LogP contribution in [0, 0.1) is 11.8 Å². The number of fused-ring (bicyclic) bond motifs is 1. The zero-order chi connectivity index (χ0) is 25.8. The molecule has 1 aromatic heterocycles. The third kappa shape index (κ3) is 5.76. The first-order chi connectivity index (χ1) is 17.9. The summed E-state index contributed by atoms with van der Waals surface area (Å²) in [6.07, 6.45) is 1.99. The Balaban J connectivity index is 1.60. The van der Waals surface area contributed by atoms with Crippen molar-refractivity contribution in [2.24, 2.45) is 0 Å². The van der Waals surface area contributed by atoms with Crippen molar-refractivity contribution in [3.63, 3.8) is 0 Å². The molecule has 0 bridgehead atoms. The molecule has 0 amide bonds. The van der Waals surface area contributed by atoms with Gasteiger partial charge in [0, 0.05) is 37.0 Å². The molecule has 1 N–H and O–H groups in total. The molecule has 4 nitrogen and oxygen atoms in total. The standard InChI is InChI=1S/C33H34N2O2/c1-33(2,3)28-12-10-24(8-6-16-36)31(21-28)32-20-27(19-25-7-4-5-9-30(25)32)26-11-13-29(34-22-26)23-35-14-17-37-18-15-35/h4-5,7,9-13,19-22,36H,14-18,23H2,1-3H3. The Labute approximate surface area is 219 Å². The third-order valence-corrected chi connectivity index (χ3v) is 6.99. The number of benzene rings is 3. The minimum atomic E-state index is -0.163. The largest absolute Gasteiger partial charge is 0.384 e. The number of hydrogen-bond donors (Lipinski definition) is 1. The maximum absolute atomic E-state index is 9.37. The van der Waals surface area contributed by atoms with Crippen LogP contribution >= 0.6 is 0 Å². The molecule has 1 fully saturated rings. The van der Waals surface area contributed by atoms with Crippen molar-refractivity contribution in [2.75, 3.05) is 32.9 Å². The Morgan fingerprint density at radius 3 is 2.46 bits per heavy atom. The minimum absolute atomic E-state index is 0.00529. The second-order valence-electron chi connectivity index (χ2n) is 10.6. The van der Waals surface area contributed by atoms with Crippen molar-refractivity contribution in [1.29, 1.82) is 0 Å². The molecule has 1 aliphatic heterocycles. The lowest BCUT2D eigenvalue weighted by molar-refractivity contribution is 0.0336. The summed E-state index contributed by atoms with van der Waals surface area (Å²) in [6, 6.07) is 23.8. The van der Waals surface area contributed by atoms with Crippen molar-refractivity contribution in [3.8, 4) is 34.1 Å². The van der Waals surface area contributed by atoms with Gasteiger partial charge in [-0.1, -0.05) is 69.0 Å². The van der Waals surface area contributed by atoms with Crippen LogP contribution in [0.5, 0.6) is 0 Å². The zero-order valence-corrected chi connectivity index (χ0v) is 21.9. The van der Waals surface area contributed by atoms with Crippen molar-refractivity contribution >= 4 is 10.8 Å². The Kier molecular flexibility index (Phi) is 7.39. The van der Waals surface area contributed by atoms with E-state index < -0.39 is 0 Å². The van der Waals surface area contributed by atoms with Crippen LogP contribution in [0.1, 0.15) is 37.6 Å². The molecular formula is C33H34N2O2. The van der Waals surface area contributed by atoms with E-state index in [4.69, 9.17) is 9.72 Å². The van der Waals surface area contributed by atoms with Gasteiger partial charge in [-0.2, -0.15) is 0 Å². The van der Waals surface area contributed by atoms with E-state index in [2.05, 4.69) is 104 Å². The highest BCUT2D eigenvalue weighted by atomic mass is 16.5. The number of rotatable bonds is 4. The number of aliphatic hydroxyl groups is 1. The molecule has 5 rings (SSSR count). The van der Waals surface area contributed by atoms with Crippen LogP contribution in [0.3, 0.4) is 0 Å². The van der Waals surface area contributed by atoms with Crippen molar-refractivity contribution in [2.45, 2.75) is 32.7 Å². The van der Waals surface area contributed by atoms with Crippen LogP contribution in [0.25, 0.3) is 33.0 Å². The van der Waals surface area contributed by atoms with Crippen LogP contribution < -0.4 is 0 Å². The highest BCUT2D eigenvalue weighted by Gasteiger charge is 2.18. The number of ether oxygens (including phenoxy) is 1. The van der Waals surface area contributed by atoms with Crippen molar-refractivity contribution in [1.82, 2.24) is 9.88 Å². The molecular weight excluding hydrogens is 456 g/mol. The normalized spacial score (nSPS) is 14.4. The van der Waals surface area contributed by atoms with Crippen LogP contribution in [0.2, 0.25) is 0 Å². The van der Waals surface area contributed by atoms with Crippen molar-refractivity contribution < 1.29 is 9.84 Å². The second kappa shape index (κ2) is 10.9. The van der Waals surface area contributed by atoms with Crippen LogP contribution in [0.4, 0.5) is 0 Å². The Morgan fingerprint density at radius 2 is 1.73 bits per heavy atom. The lowest BCUT2D eigenvalue weighted by Gasteiger charge is -2.26. The number of aliphatic hydroxyl groups excluding tert-OH is 1. The van der Waals surface area contributed by atoms with Gasteiger partial charge < -0.3 is 9.84 Å². The summed E-state index contributed by atoms with van der Waals surface area (Å²) in [7, 11) is 0. The topological polar surface area (TPSA) is 45.6 Å². The van der Waals surface area contributed by atoms with Crippen LogP contribution in [0.15, 0.2) is 72.9 Å². The number of pyridine rings is 1. The number of morpholine rings is 1. The van der Waals surface area contributed by atoms with Gasteiger partial charge in [0.1, 0.15) is 6.61 Å². The highest BCUT2D eigenvalue weighted by Crippen LogP contribution is 2.37. The summed E-state index contributed by atoms with van der Waals surface area (Å²) in [6.45, 7) is 10.8. The van der Waals surface area contributed by atoms with E-state index in [1.54, 1.807) is 0 Å². The smallest absolute Gasteiger partial charge is 0.104 e. The maximum atomic E-state index is 9.37. The highest BCUT2D eigenvalue weighted by molar-refractivity contribution is 6.01. The minimum Gasteiger partial charge on any atom is -0.384 e. The van der Waals surface area contributed by atoms with Crippen LogP contribution in [-0.2, 0) is 16.7 Å². The van der Waals surface area contributed by atoms with Gasteiger partial charge in [0.25, 0.3) is 0 Å².